The summed E-state index contributed by atoms with van der Waals surface area (Å²) in [5.41, 5.74) is 1.42. The van der Waals surface area contributed by atoms with Crippen LogP contribution in [0.3, 0.4) is 0 Å². The Kier molecular flexibility index (Phi) is 4.99. The first-order chi connectivity index (χ1) is 8.40. The van der Waals surface area contributed by atoms with E-state index in [0.29, 0.717) is 5.92 Å². The van der Waals surface area contributed by atoms with Crippen LogP contribution in [0.2, 0.25) is 0 Å². The van der Waals surface area contributed by atoms with Gasteiger partial charge in [0.15, 0.2) is 0 Å². The summed E-state index contributed by atoms with van der Waals surface area (Å²) in [7, 11) is 0. The highest BCUT2D eigenvalue weighted by Gasteiger charge is 2.15. The summed E-state index contributed by atoms with van der Waals surface area (Å²) in [6, 6.07) is 5.06. The van der Waals surface area contributed by atoms with Crippen LogP contribution in [0.1, 0.15) is 56.9 Å². The lowest BCUT2D eigenvalue weighted by Gasteiger charge is -2.25. The lowest BCUT2D eigenvalue weighted by molar-refractivity contribution is 0.363. The highest BCUT2D eigenvalue weighted by molar-refractivity contribution is 5.16. The van der Waals surface area contributed by atoms with Crippen molar-refractivity contribution in [2.75, 3.05) is 6.54 Å². The summed E-state index contributed by atoms with van der Waals surface area (Å²) < 4.78 is 0. The van der Waals surface area contributed by atoms with Crippen molar-refractivity contribution in [3.05, 3.63) is 30.1 Å². The normalized spacial score (nSPS) is 19.1. The van der Waals surface area contributed by atoms with Crippen molar-refractivity contribution in [1.29, 1.82) is 0 Å². The standard InChI is InChI=1S/C15H24N2/c1-2-13(14-8-10-16-11-9-14)12-17-15-6-4-3-5-7-15/h8-11,13,15,17H,2-7,12H2,1H3. The molecule has 2 nitrogen and oxygen atoms in total. The first-order valence-corrected chi connectivity index (χ1v) is 7.03. The Morgan fingerprint density at radius 2 is 1.94 bits per heavy atom. The second-order valence-corrected chi connectivity index (χ2v) is 5.13. The Morgan fingerprint density at radius 1 is 1.24 bits per heavy atom. The van der Waals surface area contributed by atoms with Gasteiger partial charge in [-0.1, -0.05) is 26.2 Å². The summed E-state index contributed by atoms with van der Waals surface area (Å²) in [4.78, 5) is 4.09. The molecule has 0 spiro atoms. The lowest BCUT2D eigenvalue weighted by Crippen LogP contribution is -2.34. The number of rotatable bonds is 5. The van der Waals surface area contributed by atoms with Crippen LogP contribution in [-0.4, -0.2) is 17.6 Å². The monoisotopic (exact) mass is 232 g/mol. The zero-order chi connectivity index (χ0) is 11.9. The van der Waals surface area contributed by atoms with Crippen LogP contribution in [0.5, 0.6) is 0 Å². The SMILES string of the molecule is CCC(CNC1CCCCC1)c1ccncc1. The molecule has 94 valence electrons. The summed E-state index contributed by atoms with van der Waals surface area (Å²) in [5.74, 6) is 0.639. The maximum atomic E-state index is 4.09. The second-order valence-electron chi connectivity index (χ2n) is 5.13. The van der Waals surface area contributed by atoms with Gasteiger partial charge in [0.1, 0.15) is 0 Å². The van der Waals surface area contributed by atoms with E-state index < -0.39 is 0 Å². The minimum Gasteiger partial charge on any atom is -0.313 e. The molecule has 17 heavy (non-hydrogen) atoms. The molecule has 2 rings (SSSR count). The topological polar surface area (TPSA) is 24.9 Å². The fraction of sp³-hybridized carbons (Fsp3) is 0.667. The van der Waals surface area contributed by atoms with E-state index in [2.05, 4.69) is 29.4 Å². The van der Waals surface area contributed by atoms with Gasteiger partial charge in [0.25, 0.3) is 0 Å². The first kappa shape index (κ1) is 12.6. The minimum atomic E-state index is 0.639. The van der Waals surface area contributed by atoms with Gasteiger partial charge in [0, 0.05) is 25.0 Å². The highest BCUT2D eigenvalue weighted by Crippen LogP contribution is 2.21. The number of nitrogens with zero attached hydrogens (tertiary/aromatic N) is 1. The van der Waals surface area contributed by atoms with E-state index in [4.69, 9.17) is 0 Å². The van der Waals surface area contributed by atoms with Gasteiger partial charge >= 0.3 is 0 Å². The molecule has 2 heteroatoms. The Labute approximate surface area is 105 Å². The van der Waals surface area contributed by atoms with Crippen molar-refractivity contribution < 1.29 is 0 Å². The molecular formula is C15H24N2. The second kappa shape index (κ2) is 6.75. The number of hydrogen-bond donors (Lipinski definition) is 1. The Balaban J connectivity index is 1.83. The van der Waals surface area contributed by atoms with Crippen molar-refractivity contribution >= 4 is 0 Å². The Hall–Kier alpha value is -0.890. The molecule has 1 aliphatic carbocycles. The number of nitrogens with one attached hydrogen (secondary N) is 1. The highest BCUT2D eigenvalue weighted by atomic mass is 14.9. The van der Waals surface area contributed by atoms with Crippen molar-refractivity contribution in [2.24, 2.45) is 0 Å². The van der Waals surface area contributed by atoms with Crippen molar-refractivity contribution in [3.8, 4) is 0 Å². The predicted octanol–water partition coefficient (Wildman–Crippen LogP) is 3.50. The molecule has 0 aliphatic heterocycles. The molecular weight excluding hydrogens is 208 g/mol. The zero-order valence-corrected chi connectivity index (χ0v) is 10.9. The molecule has 1 heterocycles. The summed E-state index contributed by atoms with van der Waals surface area (Å²) in [5, 5.41) is 3.75. The third kappa shape index (κ3) is 3.81. The van der Waals surface area contributed by atoms with Crippen LogP contribution in [0.4, 0.5) is 0 Å². The van der Waals surface area contributed by atoms with E-state index in [1.54, 1.807) is 0 Å². The van der Waals surface area contributed by atoms with Gasteiger partial charge in [-0.15, -0.1) is 0 Å². The molecule has 1 aliphatic rings. The maximum Gasteiger partial charge on any atom is 0.0270 e. The number of pyridine rings is 1. The van der Waals surface area contributed by atoms with Crippen LogP contribution in [0.15, 0.2) is 24.5 Å². The molecule has 0 aromatic carbocycles. The van der Waals surface area contributed by atoms with Crippen LogP contribution in [0, 0.1) is 0 Å². The first-order valence-electron chi connectivity index (χ1n) is 7.03. The smallest absolute Gasteiger partial charge is 0.0270 e. The van der Waals surface area contributed by atoms with Gasteiger partial charge in [-0.25, -0.2) is 0 Å². The molecule has 1 aromatic rings. The largest absolute Gasteiger partial charge is 0.313 e. The van der Waals surface area contributed by atoms with Gasteiger partial charge in [0.05, 0.1) is 0 Å². The van der Waals surface area contributed by atoms with Gasteiger partial charge in [-0.05, 0) is 42.9 Å². The third-order valence-electron chi connectivity index (χ3n) is 3.93. The number of aromatic nitrogens is 1. The van der Waals surface area contributed by atoms with E-state index in [1.807, 2.05) is 12.4 Å². The summed E-state index contributed by atoms with van der Waals surface area (Å²) in [6.45, 7) is 3.39. The van der Waals surface area contributed by atoms with Gasteiger partial charge in [-0.2, -0.15) is 0 Å². The molecule has 0 amide bonds. The van der Waals surface area contributed by atoms with Gasteiger partial charge in [0.2, 0.25) is 0 Å². The summed E-state index contributed by atoms with van der Waals surface area (Å²) >= 11 is 0. The molecule has 1 atom stereocenters. The van der Waals surface area contributed by atoms with Crippen molar-refractivity contribution in [1.82, 2.24) is 10.3 Å². The minimum absolute atomic E-state index is 0.639. The molecule has 1 N–H and O–H groups in total. The van der Waals surface area contributed by atoms with E-state index in [9.17, 15) is 0 Å². The fourth-order valence-electron chi connectivity index (χ4n) is 2.75. The fourth-order valence-corrected chi connectivity index (χ4v) is 2.75. The number of hydrogen-bond acceptors (Lipinski definition) is 2. The average Bonchev–Trinajstić information content (AvgIpc) is 2.42. The average molecular weight is 232 g/mol. The van der Waals surface area contributed by atoms with Crippen LogP contribution < -0.4 is 5.32 Å². The van der Waals surface area contributed by atoms with E-state index >= 15 is 0 Å². The van der Waals surface area contributed by atoms with Crippen LogP contribution >= 0.6 is 0 Å². The molecule has 1 aromatic heterocycles. The van der Waals surface area contributed by atoms with E-state index in [0.717, 1.165) is 12.6 Å². The van der Waals surface area contributed by atoms with Crippen LogP contribution in [0.25, 0.3) is 0 Å². The van der Waals surface area contributed by atoms with Crippen molar-refractivity contribution in [2.45, 2.75) is 57.4 Å². The molecule has 0 saturated heterocycles. The molecule has 1 fully saturated rings. The predicted molar refractivity (Wildman–Crippen MR) is 72.1 cm³/mol. The van der Waals surface area contributed by atoms with Gasteiger partial charge < -0.3 is 5.32 Å². The Bertz CT molecular complexity index is 304. The quantitative estimate of drug-likeness (QED) is 0.840. The summed E-state index contributed by atoms with van der Waals surface area (Å²) in [6.07, 6.45) is 12.0. The maximum absolute atomic E-state index is 4.09. The molecule has 0 radical (unpaired) electrons. The third-order valence-corrected chi connectivity index (χ3v) is 3.93. The van der Waals surface area contributed by atoms with Crippen LogP contribution in [-0.2, 0) is 0 Å². The molecule has 1 saturated carbocycles. The van der Waals surface area contributed by atoms with E-state index in [-0.39, 0.29) is 0 Å². The molecule has 1 unspecified atom stereocenters. The van der Waals surface area contributed by atoms with E-state index in [1.165, 1.54) is 44.1 Å². The zero-order valence-electron chi connectivity index (χ0n) is 10.9. The lowest BCUT2D eigenvalue weighted by atomic mass is 9.93. The van der Waals surface area contributed by atoms with Gasteiger partial charge in [-0.3, -0.25) is 4.98 Å². The molecule has 0 bridgehead atoms. The Morgan fingerprint density at radius 3 is 2.59 bits per heavy atom. The van der Waals surface area contributed by atoms with Crippen molar-refractivity contribution in [3.63, 3.8) is 0 Å².